The fraction of sp³-hybridized carbons (Fsp3) is 0.478. The van der Waals surface area contributed by atoms with Gasteiger partial charge in [-0.2, -0.15) is 5.09 Å². The van der Waals surface area contributed by atoms with E-state index in [2.05, 4.69) is 17.0 Å². The number of aliphatic hydroxyl groups excluding tert-OH is 1. The fourth-order valence-electron chi connectivity index (χ4n) is 3.55. The lowest BCUT2D eigenvalue weighted by Crippen LogP contribution is -2.55. The van der Waals surface area contributed by atoms with Crippen LogP contribution in [0.4, 0.5) is 4.79 Å². The lowest BCUT2D eigenvalue weighted by atomic mass is 9.96. The minimum atomic E-state index is -4.16. The molecule has 1 aromatic carbocycles. The number of allylic oxidation sites excluding steroid dienone is 1. The summed E-state index contributed by atoms with van der Waals surface area (Å²) in [5, 5.41) is 25.3. The Morgan fingerprint density at radius 3 is 2.61 bits per heavy atom. The van der Waals surface area contributed by atoms with Gasteiger partial charge in [0.2, 0.25) is 0 Å². The molecule has 36 heavy (non-hydrogen) atoms. The van der Waals surface area contributed by atoms with E-state index in [-0.39, 0.29) is 18.5 Å². The van der Waals surface area contributed by atoms with Gasteiger partial charge in [0.15, 0.2) is 0 Å². The number of thioether (sulfide) groups is 1. The largest absolute Gasteiger partial charge is 0.462 e. The summed E-state index contributed by atoms with van der Waals surface area (Å²) in [6.07, 6.45) is 1.32. The van der Waals surface area contributed by atoms with Crippen LogP contribution < -0.4 is 14.9 Å². The molecule has 1 aromatic rings. The van der Waals surface area contributed by atoms with Crippen molar-refractivity contribution in [2.24, 2.45) is 0 Å². The molecule has 0 radical (unpaired) electrons. The first-order valence-corrected chi connectivity index (χ1v) is 13.8. The van der Waals surface area contributed by atoms with Crippen LogP contribution >= 0.6 is 19.5 Å². The van der Waals surface area contributed by atoms with Crippen LogP contribution in [0.5, 0.6) is 5.75 Å². The van der Waals surface area contributed by atoms with E-state index in [1.165, 1.54) is 24.9 Å². The van der Waals surface area contributed by atoms with E-state index < -0.39 is 48.1 Å². The molecule has 11 nitrogen and oxygen atoms in total. The summed E-state index contributed by atoms with van der Waals surface area (Å²) in [6, 6.07) is 6.72. The van der Waals surface area contributed by atoms with Gasteiger partial charge in [-0.15, -0.1) is 11.8 Å². The number of benzene rings is 1. The second-order valence-electron chi connectivity index (χ2n) is 8.91. The van der Waals surface area contributed by atoms with Gasteiger partial charge in [-0.25, -0.2) is 9.36 Å². The molecule has 2 heterocycles. The van der Waals surface area contributed by atoms with Crippen LogP contribution in [0, 0.1) is 0 Å². The lowest BCUT2D eigenvalue weighted by molar-refractivity contribution is -0.149. The van der Waals surface area contributed by atoms with Crippen molar-refractivity contribution in [1.82, 2.24) is 15.3 Å². The molecular weight excluding hydrogens is 509 g/mol. The molecule has 1 fully saturated rings. The molecule has 3 rings (SSSR count). The number of rotatable bonds is 10. The van der Waals surface area contributed by atoms with E-state index >= 15 is 0 Å². The molecular formula is C23H32N3O8PS. The zero-order valence-corrected chi connectivity index (χ0v) is 22.2. The standard InChI is InChI=1S/C23H32N3O8PS/c1-14(2)33-20(28)16(4)25-35(31,34-17-9-7-6-8-10-17)32-13-18-19(27)23(5,30)21(36-18)26-12-11-15(3)24-22(26)29/h6-12,14,16,18-19,21,27,30H,3,13H2,1-2,4-5H3,(H,24,29)(H,25,31)/t16?,18-,19-,21-,23-,35?/m1/s1. The van der Waals surface area contributed by atoms with Crippen LogP contribution in [0.15, 0.2) is 54.9 Å². The number of carbonyl (C=O) groups is 2. The molecule has 0 saturated carbocycles. The van der Waals surface area contributed by atoms with Gasteiger partial charge in [-0.05, 0) is 45.9 Å². The van der Waals surface area contributed by atoms with Crippen molar-refractivity contribution in [3.63, 3.8) is 0 Å². The van der Waals surface area contributed by atoms with Crippen LogP contribution in [0.1, 0.15) is 27.7 Å². The molecule has 2 amide bonds. The maximum absolute atomic E-state index is 13.7. The monoisotopic (exact) mass is 541 g/mol. The summed E-state index contributed by atoms with van der Waals surface area (Å²) in [4.78, 5) is 26.0. The summed E-state index contributed by atoms with van der Waals surface area (Å²) >= 11 is 1.08. The third-order valence-electron chi connectivity index (χ3n) is 5.38. The highest BCUT2D eigenvalue weighted by atomic mass is 32.2. The van der Waals surface area contributed by atoms with Gasteiger partial charge in [-0.3, -0.25) is 14.2 Å². The van der Waals surface area contributed by atoms with E-state index in [0.29, 0.717) is 5.70 Å². The Balaban J connectivity index is 1.76. The molecule has 2 aliphatic rings. The summed E-state index contributed by atoms with van der Waals surface area (Å²) < 4.78 is 30.1. The second-order valence-corrected chi connectivity index (χ2v) is 11.9. The smallest absolute Gasteiger partial charge is 0.459 e. The van der Waals surface area contributed by atoms with Crippen LogP contribution in [-0.2, 0) is 18.6 Å². The molecule has 1 saturated heterocycles. The van der Waals surface area contributed by atoms with Gasteiger partial charge >= 0.3 is 19.7 Å². The van der Waals surface area contributed by atoms with Gasteiger partial charge in [0.25, 0.3) is 0 Å². The number of nitrogens with zero attached hydrogens (tertiary/aromatic N) is 1. The highest BCUT2D eigenvalue weighted by Crippen LogP contribution is 2.49. The number of amides is 2. The number of hydrogen-bond donors (Lipinski definition) is 4. The number of aliphatic hydroxyl groups is 2. The van der Waals surface area contributed by atoms with Crippen LogP contribution in [0.25, 0.3) is 0 Å². The van der Waals surface area contributed by atoms with E-state index in [9.17, 15) is 24.4 Å². The Bertz CT molecular complexity index is 1050. The van der Waals surface area contributed by atoms with Gasteiger partial charge < -0.3 is 24.8 Å². The number of ether oxygens (including phenoxy) is 1. The van der Waals surface area contributed by atoms with Crippen molar-refractivity contribution in [2.45, 2.75) is 62.2 Å². The normalized spacial score (nSPS) is 28.5. The van der Waals surface area contributed by atoms with Crippen molar-refractivity contribution >= 4 is 31.5 Å². The van der Waals surface area contributed by atoms with Crippen LogP contribution in [0.3, 0.4) is 0 Å². The predicted octanol–water partition coefficient (Wildman–Crippen LogP) is 2.73. The molecule has 13 heteroatoms. The molecule has 198 valence electrons. The number of nitrogens with one attached hydrogen (secondary N) is 2. The van der Waals surface area contributed by atoms with Gasteiger partial charge in [0.1, 0.15) is 22.8 Å². The third-order valence-corrected chi connectivity index (χ3v) is 8.73. The van der Waals surface area contributed by atoms with Crippen molar-refractivity contribution in [2.75, 3.05) is 6.61 Å². The lowest BCUT2D eigenvalue weighted by Gasteiger charge is -2.36. The van der Waals surface area contributed by atoms with E-state index in [4.69, 9.17) is 13.8 Å². The number of hydrogen-bond acceptors (Lipinski definition) is 9. The van der Waals surface area contributed by atoms with E-state index in [1.54, 1.807) is 50.3 Å². The van der Waals surface area contributed by atoms with Crippen LogP contribution in [0.2, 0.25) is 0 Å². The average Bonchev–Trinajstić information content (AvgIpc) is 3.01. The van der Waals surface area contributed by atoms with Crippen LogP contribution in [-0.4, -0.2) is 68.2 Å². The maximum Gasteiger partial charge on any atom is 0.459 e. The topological polar surface area (TPSA) is 147 Å². The Morgan fingerprint density at radius 1 is 1.33 bits per heavy atom. The number of urea groups is 1. The highest BCUT2D eigenvalue weighted by Gasteiger charge is 2.55. The Hall–Kier alpha value is -2.34. The van der Waals surface area contributed by atoms with Gasteiger partial charge in [-0.1, -0.05) is 24.8 Å². The summed E-state index contributed by atoms with van der Waals surface area (Å²) in [7, 11) is -4.16. The molecule has 0 aliphatic carbocycles. The zero-order chi connectivity index (χ0) is 26.7. The second kappa shape index (κ2) is 11.4. The maximum atomic E-state index is 13.7. The first kappa shape index (κ1) is 28.2. The van der Waals surface area contributed by atoms with E-state index in [1.807, 2.05) is 0 Å². The van der Waals surface area contributed by atoms with Crippen molar-refractivity contribution < 1.29 is 38.2 Å². The summed E-state index contributed by atoms with van der Waals surface area (Å²) in [5.41, 5.74) is -1.32. The summed E-state index contributed by atoms with van der Waals surface area (Å²) in [6.45, 7) is 9.59. The van der Waals surface area contributed by atoms with Crippen molar-refractivity contribution in [3.8, 4) is 5.75 Å². The number of esters is 1. The molecule has 2 aliphatic heterocycles. The Kier molecular flexibility index (Phi) is 8.92. The van der Waals surface area contributed by atoms with Gasteiger partial charge in [0.05, 0.1) is 24.1 Å². The first-order valence-electron chi connectivity index (χ1n) is 11.3. The molecule has 2 unspecified atom stereocenters. The average molecular weight is 542 g/mol. The number of para-hydroxylation sites is 1. The highest BCUT2D eigenvalue weighted by molar-refractivity contribution is 8.01. The molecule has 0 bridgehead atoms. The molecule has 0 aromatic heterocycles. The molecule has 4 N–H and O–H groups in total. The Morgan fingerprint density at radius 2 is 2.00 bits per heavy atom. The minimum Gasteiger partial charge on any atom is -0.462 e. The van der Waals surface area contributed by atoms with Crippen molar-refractivity contribution in [3.05, 3.63) is 54.9 Å². The van der Waals surface area contributed by atoms with E-state index in [0.717, 1.165) is 11.8 Å². The predicted molar refractivity (Wildman–Crippen MR) is 135 cm³/mol. The minimum absolute atomic E-state index is 0.234. The zero-order valence-electron chi connectivity index (χ0n) is 20.5. The SMILES string of the molecule is C=C1C=CN([C@@H]2S[C@H](COP(=O)(NC(C)C(=O)OC(C)C)Oc3ccccc3)[C@@H](O)[C@@]2(C)O)C(=O)N1. The number of carbonyl (C=O) groups excluding carboxylic acids is 2. The van der Waals surface area contributed by atoms with Crippen molar-refractivity contribution in [1.29, 1.82) is 0 Å². The third kappa shape index (κ3) is 6.70. The molecule has 0 spiro atoms. The first-order chi connectivity index (χ1) is 16.8. The quantitative estimate of drug-likeness (QED) is 0.258. The summed E-state index contributed by atoms with van der Waals surface area (Å²) in [5.74, 6) is -0.411. The fourth-order valence-corrected chi connectivity index (χ4v) is 6.78. The molecule has 6 atom stereocenters. The van der Waals surface area contributed by atoms with Gasteiger partial charge in [0, 0.05) is 11.9 Å². The Labute approximate surface area is 214 Å².